The van der Waals surface area contributed by atoms with Crippen LogP contribution in [0.4, 0.5) is 4.39 Å². The molecule has 0 bridgehead atoms. The van der Waals surface area contributed by atoms with Gasteiger partial charge in [0.25, 0.3) is 0 Å². The molecule has 1 N–H and O–H groups in total. The van der Waals surface area contributed by atoms with E-state index in [1.807, 2.05) is 6.07 Å². The first kappa shape index (κ1) is 11.6. The van der Waals surface area contributed by atoms with Gasteiger partial charge in [-0.25, -0.2) is 4.39 Å². The lowest BCUT2D eigenvalue weighted by atomic mass is 10.0. The van der Waals surface area contributed by atoms with Crippen LogP contribution in [0.3, 0.4) is 0 Å². The number of hydrogen-bond donors (Lipinski definition) is 1. The molecule has 0 aliphatic heterocycles. The highest BCUT2D eigenvalue weighted by Gasteiger charge is 2.35. The van der Waals surface area contributed by atoms with Gasteiger partial charge in [0.1, 0.15) is 5.82 Å². The van der Waals surface area contributed by atoms with Gasteiger partial charge in [-0.3, -0.25) is 0 Å². The number of hydrogen-bond acceptors (Lipinski definition) is 2. The maximum atomic E-state index is 13.0. The fourth-order valence-corrected chi connectivity index (χ4v) is 2.11. The molecule has 1 aromatic rings. The number of halogens is 1. The van der Waals surface area contributed by atoms with Gasteiger partial charge < -0.3 is 9.84 Å². The zero-order valence-electron chi connectivity index (χ0n) is 9.40. The lowest BCUT2D eigenvalue weighted by Crippen LogP contribution is -2.31. The monoisotopic (exact) mass is 224 g/mol. The maximum Gasteiger partial charge on any atom is 0.123 e. The molecular formula is C13H17FO2. The van der Waals surface area contributed by atoms with Crippen molar-refractivity contribution in [3.8, 4) is 0 Å². The number of rotatable bonds is 5. The van der Waals surface area contributed by atoms with Crippen LogP contribution in [-0.2, 0) is 11.2 Å². The summed E-state index contributed by atoms with van der Waals surface area (Å²) in [5, 5.41) is 10.0. The first-order valence-corrected chi connectivity index (χ1v) is 5.66. The summed E-state index contributed by atoms with van der Waals surface area (Å²) >= 11 is 0. The van der Waals surface area contributed by atoms with Crippen LogP contribution in [0.1, 0.15) is 18.4 Å². The van der Waals surface area contributed by atoms with Gasteiger partial charge in [0.2, 0.25) is 0 Å². The molecule has 2 atom stereocenters. The molecule has 1 fully saturated rings. The van der Waals surface area contributed by atoms with Crippen molar-refractivity contribution >= 4 is 0 Å². The molecule has 0 aromatic heterocycles. The van der Waals surface area contributed by atoms with Gasteiger partial charge in [-0.15, -0.1) is 0 Å². The molecule has 0 spiro atoms. The van der Waals surface area contributed by atoms with E-state index in [0.29, 0.717) is 12.3 Å². The van der Waals surface area contributed by atoms with Crippen molar-refractivity contribution in [2.45, 2.75) is 31.5 Å². The Hall–Kier alpha value is -0.930. The molecule has 0 amide bonds. The lowest BCUT2D eigenvalue weighted by molar-refractivity contribution is -0.0238. The third kappa shape index (κ3) is 2.80. The number of aliphatic hydroxyl groups is 1. The van der Waals surface area contributed by atoms with Gasteiger partial charge in [-0.1, -0.05) is 12.1 Å². The molecule has 2 nitrogen and oxygen atoms in total. The maximum absolute atomic E-state index is 13.0. The van der Waals surface area contributed by atoms with Gasteiger partial charge in [0.05, 0.1) is 12.2 Å². The van der Waals surface area contributed by atoms with Crippen LogP contribution in [0.25, 0.3) is 0 Å². The van der Waals surface area contributed by atoms with Crippen LogP contribution < -0.4 is 0 Å². The van der Waals surface area contributed by atoms with Gasteiger partial charge in [0, 0.05) is 13.5 Å². The number of aliphatic hydroxyl groups excluding tert-OH is 1. The van der Waals surface area contributed by atoms with E-state index in [1.165, 1.54) is 12.1 Å². The van der Waals surface area contributed by atoms with Crippen LogP contribution in [0.2, 0.25) is 0 Å². The fraction of sp³-hybridized carbons (Fsp3) is 0.538. The minimum Gasteiger partial charge on any atom is -0.390 e. The Bertz CT molecular complexity index is 350. The normalized spacial score (nSPS) is 19.4. The molecule has 0 heterocycles. The number of methoxy groups -OCH3 is 1. The van der Waals surface area contributed by atoms with Crippen LogP contribution in [-0.4, -0.2) is 24.4 Å². The lowest BCUT2D eigenvalue weighted by Gasteiger charge is -2.21. The molecule has 3 heteroatoms. The molecule has 88 valence electrons. The third-order valence-corrected chi connectivity index (χ3v) is 3.07. The fourth-order valence-electron chi connectivity index (χ4n) is 2.11. The molecular weight excluding hydrogens is 207 g/mol. The largest absolute Gasteiger partial charge is 0.390 e. The molecule has 1 aliphatic carbocycles. The molecule has 16 heavy (non-hydrogen) atoms. The summed E-state index contributed by atoms with van der Waals surface area (Å²) in [6.45, 7) is 0. The first-order valence-electron chi connectivity index (χ1n) is 5.66. The van der Waals surface area contributed by atoms with Gasteiger partial charge in [-0.2, -0.15) is 0 Å². The van der Waals surface area contributed by atoms with E-state index in [9.17, 15) is 9.50 Å². The van der Waals surface area contributed by atoms with Crippen LogP contribution in [0.15, 0.2) is 24.3 Å². The van der Waals surface area contributed by atoms with Gasteiger partial charge in [0.15, 0.2) is 0 Å². The smallest absolute Gasteiger partial charge is 0.123 e. The van der Waals surface area contributed by atoms with Crippen molar-refractivity contribution in [2.75, 3.05) is 7.11 Å². The Morgan fingerprint density at radius 3 is 2.81 bits per heavy atom. The highest BCUT2D eigenvalue weighted by atomic mass is 19.1. The Kier molecular flexibility index (Phi) is 3.56. The zero-order valence-corrected chi connectivity index (χ0v) is 9.40. The molecule has 0 radical (unpaired) electrons. The molecule has 1 saturated carbocycles. The van der Waals surface area contributed by atoms with Gasteiger partial charge >= 0.3 is 0 Å². The van der Waals surface area contributed by atoms with Crippen molar-refractivity contribution in [3.05, 3.63) is 35.6 Å². The van der Waals surface area contributed by atoms with E-state index in [0.717, 1.165) is 18.4 Å². The van der Waals surface area contributed by atoms with Crippen LogP contribution in [0.5, 0.6) is 0 Å². The van der Waals surface area contributed by atoms with Crippen molar-refractivity contribution in [1.82, 2.24) is 0 Å². The second kappa shape index (κ2) is 4.93. The summed E-state index contributed by atoms with van der Waals surface area (Å²) in [5.74, 6) is 0.221. The minimum absolute atomic E-state index is 0.108. The highest BCUT2D eigenvalue weighted by molar-refractivity contribution is 5.17. The summed E-state index contributed by atoms with van der Waals surface area (Å²) < 4.78 is 18.3. The first-order chi connectivity index (χ1) is 7.70. The summed E-state index contributed by atoms with van der Waals surface area (Å²) in [5.41, 5.74) is 0.815. The predicted molar refractivity (Wildman–Crippen MR) is 59.6 cm³/mol. The van der Waals surface area contributed by atoms with Crippen molar-refractivity contribution in [2.24, 2.45) is 5.92 Å². The number of benzene rings is 1. The predicted octanol–water partition coefficient (Wildman–Crippen LogP) is 2.15. The topological polar surface area (TPSA) is 29.5 Å². The SMILES string of the molecule is COC(C(O)Cc1cccc(F)c1)C1CC1. The van der Waals surface area contributed by atoms with Crippen molar-refractivity contribution in [3.63, 3.8) is 0 Å². The zero-order chi connectivity index (χ0) is 11.5. The van der Waals surface area contributed by atoms with Gasteiger partial charge in [-0.05, 0) is 36.5 Å². The Morgan fingerprint density at radius 2 is 2.25 bits per heavy atom. The summed E-state index contributed by atoms with van der Waals surface area (Å²) in [6, 6.07) is 6.36. The molecule has 2 rings (SSSR count). The second-order valence-electron chi connectivity index (χ2n) is 4.44. The minimum atomic E-state index is -0.542. The van der Waals surface area contributed by atoms with E-state index < -0.39 is 6.10 Å². The van der Waals surface area contributed by atoms with E-state index in [4.69, 9.17) is 4.74 Å². The van der Waals surface area contributed by atoms with Crippen LogP contribution in [0, 0.1) is 11.7 Å². The van der Waals surface area contributed by atoms with Crippen molar-refractivity contribution in [1.29, 1.82) is 0 Å². The molecule has 0 saturated heterocycles. The number of ether oxygens (including phenoxy) is 1. The average molecular weight is 224 g/mol. The van der Waals surface area contributed by atoms with E-state index in [1.54, 1.807) is 13.2 Å². The highest BCUT2D eigenvalue weighted by Crippen LogP contribution is 2.36. The summed E-state index contributed by atoms with van der Waals surface area (Å²) in [6.07, 6.45) is 2.05. The van der Waals surface area contributed by atoms with E-state index in [-0.39, 0.29) is 11.9 Å². The van der Waals surface area contributed by atoms with Crippen molar-refractivity contribution < 1.29 is 14.2 Å². The molecule has 1 aliphatic rings. The Balaban J connectivity index is 1.97. The molecule has 1 aromatic carbocycles. The Labute approximate surface area is 95.1 Å². The molecule has 2 unspecified atom stereocenters. The average Bonchev–Trinajstić information content (AvgIpc) is 3.03. The van der Waals surface area contributed by atoms with Crippen LogP contribution >= 0.6 is 0 Å². The Morgan fingerprint density at radius 1 is 1.50 bits per heavy atom. The summed E-state index contributed by atoms with van der Waals surface area (Å²) in [7, 11) is 1.62. The van der Waals surface area contributed by atoms with E-state index in [2.05, 4.69) is 0 Å². The standard InChI is InChI=1S/C13H17FO2/c1-16-13(10-5-6-10)12(15)8-9-3-2-4-11(14)7-9/h2-4,7,10,12-13,15H,5-6,8H2,1H3. The van der Waals surface area contributed by atoms with E-state index >= 15 is 0 Å². The third-order valence-electron chi connectivity index (χ3n) is 3.07. The summed E-state index contributed by atoms with van der Waals surface area (Å²) in [4.78, 5) is 0. The second-order valence-corrected chi connectivity index (χ2v) is 4.44. The quantitative estimate of drug-likeness (QED) is 0.830.